The summed E-state index contributed by atoms with van der Waals surface area (Å²) in [5.74, 6) is -2.15. The molecule has 2 heterocycles. The van der Waals surface area contributed by atoms with Gasteiger partial charge >= 0.3 is 11.9 Å². The standard InChI is InChI=1S/C19H22O6.C15H16N2O2/c1-9-7-17-8-18(9,24)5-3-10(17)19-6-4-11(20)16(2,15(23)25-19)13(19)12(17)14(21)22;1-19-14-6-4-12(5-7-14)15(18,11-2-3-11)13-8-16-10-17-9-13/h4,6,10-13,20,24H,1,3,5,7-8H2,2H3,(H,21,22);4-11,18H,2-3H2,1H3/t10-,11+,12-,13-,16-,17+,18+,19-;/m1./s1. The third kappa shape index (κ3) is 3.64. The van der Waals surface area contributed by atoms with Crippen molar-refractivity contribution in [2.24, 2.45) is 34.5 Å². The molecule has 1 aliphatic heterocycles. The first-order valence-electron chi connectivity index (χ1n) is 15.2. The average Bonchev–Trinajstić information content (AvgIpc) is 3.78. The molecule has 10 nitrogen and oxygen atoms in total. The number of rotatable bonds is 5. The Balaban J connectivity index is 0.000000148. The molecule has 0 radical (unpaired) electrons. The van der Waals surface area contributed by atoms with Crippen LogP contribution in [0, 0.1) is 34.5 Å². The van der Waals surface area contributed by atoms with E-state index in [2.05, 4.69) is 16.5 Å². The lowest BCUT2D eigenvalue weighted by Crippen LogP contribution is -2.50. The predicted molar refractivity (Wildman–Crippen MR) is 156 cm³/mol. The molecule has 2 aromatic rings. The molecular formula is C34H38N2O8. The minimum Gasteiger partial charge on any atom is -0.497 e. The number of hydrogen-bond acceptors (Lipinski definition) is 9. The summed E-state index contributed by atoms with van der Waals surface area (Å²) in [4.78, 5) is 33.1. The van der Waals surface area contributed by atoms with Crippen molar-refractivity contribution in [3.63, 3.8) is 0 Å². The summed E-state index contributed by atoms with van der Waals surface area (Å²) >= 11 is 0. The number of aliphatic hydroxyl groups excluding tert-OH is 1. The number of carbonyl (C=O) groups excluding carboxylic acids is 1. The lowest BCUT2D eigenvalue weighted by molar-refractivity contribution is -0.163. The van der Waals surface area contributed by atoms with Crippen molar-refractivity contribution in [3.8, 4) is 5.75 Å². The zero-order valence-electron chi connectivity index (χ0n) is 24.8. The number of ether oxygens (including phenoxy) is 2. The Bertz CT molecular complexity index is 1560. The normalized spacial score (nSPS) is 40.7. The second-order valence-electron chi connectivity index (χ2n) is 13.8. The summed E-state index contributed by atoms with van der Waals surface area (Å²) in [6.45, 7) is 5.64. The first kappa shape index (κ1) is 29.1. The molecule has 6 aliphatic rings. The second kappa shape index (κ2) is 9.45. The molecule has 10 heteroatoms. The molecule has 1 aromatic heterocycles. The van der Waals surface area contributed by atoms with Gasteiger partial charge in [-0.15, -0.1) is 0 Å². The van der Waals surface area contributed by atoms with E-state index in [0.717, 1.165) is 29.7 Å². The minimum atomic E-state index is -1.27. The number of carboxylic acids is 1. The van der Waals surface area contributed by atoms with Crippen molar-refractivity contribution < 1.29 is 39.5 Å². The quantitative estimate of drug-likeness (QED) is 0.296. The smallest absolute Gasteiger partial charge is 0.316 e. The highest BCUT2D eigenvalue weighted by atomic mass is 16.6. The SMILES string of the molecule is C=C1C[C@]23C[C@@]1(O)CC[C@H]2[C@@]12C=C[C@H](O)[C@@](C)(C(=O)O1)[C@H]2[C@@H]3C(=O)O.COc1ccc(C(O)(c2cncnc2)C2CC2)cc1. The van der Waals surface area contributed by atoms with Crippen LogP contribution >= 0.6 is 0 Å². The fourth-order valence-electron chi connectivity index (χ4n) is 9.61. The van der Waals surface area contributed by atoms with Gasteiger partial charge in [0.15, 0.2) is 0 Å². The van der Waals surface area contributed by atoms with Gasteiger partial charge in [0.25, 0.3) is 0 Å². The molecule has 1 aromatic carbocycles. The van der Waals surface area contributed by atoms with Gasteiger partial charge < -0.3 is 29.9 Å². The number of aliphatic hydroxyl groups is 3. The maximum absolute atomic E-state index is 12.7. The van der Waals surface area contributed by atoms with E-state index in [1.165, 1.54) is 6.33 Å². The van der Waals surface area contributed by atoms with Gasteiger partial charge in [0, 0.05) is 29.8 Å². The number of hydrogen-bond donors (Lipinski definition) is 4. The molecule has 9 atom stereocenters. The van der Waals surface area contributed by atoms with Gasteiger partial charge in [-0.3, -0.25) is 9.59 Å². The third-order valence-corrected chi connectivity index (χ3v) is 11.8. The summed E-state index contributed by atoms with van der Waals surface area (Å²) in [7, 11) is 1.63. The van der Waals surface area contributed by atoms with Crippen molar-refractivity contribution in [3.05, 3.63) is 78.4 Å². The fraction of sp³-hybridized carbons (Fsp3) is 0.529. The topological polar surface area (TPSA) is 159 Å². The van der Waals surface area contributed by atoms with Crippen LogP contribution in [0.2, 0.25) is 0 Å². The highest BCUT2D eigenvalue weighted by Crippen LogP contribution is 2.77. The summed E-state index contributed by atoms with van der Waals surface area (Å²) in [6.07, 6.45) is 11.0. The molecule has 44 heavy (non-hydrogen) atoms. The number of aliphatic carboxylic acids is 1. The summed E-state index contributed by atoms with van der Waals surface area (Å²) in [5, 5.41) is 42.7. The number of aromatic nitrogens is 2. The van der Waals surface area contributed by atoms with Crippen LogP contribution in [0.25, 0.3) is 0 Å². The molecule has 5 aliphatic carbocycles. The van der Waals surface area contributed by atoms with Crippen molar-refractivity contribution in [1.29, 1.82) is 0 Å². The number of benzene rings is 1. The zero-order valence-corrected chi connectivity index (χ0v) is 24.8. The van der Waals surface area contributed by atoms with Crippen LogP contribution in [-0.2, 0) is 19.9 Å². The Labute approximate surface area is 255 Å². The monoisotopic (exact) mass is 602 g/mol. The number of fused-ring (bicyclic) bond motifs is 1. The van der Waals surface area contributed by atoms with Crippen LogP contribution in [0.15, 0.2) is 67.3 Å². The van der Waals surface area contributed by atoms with Gasteiger partial charge in [-0.25, -0.2) is 9.97 Å². The number of carboxylic acid groups (broad SMARTS) is 1. The van der Waals surface area contributed by atoms with E-state index in [1.807, 2.05) is 24.3 Å². The first-order valence-corrected chi connectivity index (χ1v) is 15.2. The Hall–Kier alpha value is -3.60. The van der Waals surface area contributed by atoms with Gasteiger partial charge in [0.05, 0.1) is 24.7 Å². The molecule has 0 amide bonds. The maximum atomic E-state index is 12.7. The second-order valence-corrected chi connectivity index (χ2v) is 13.8. The van der Waals surface area contributed by atoms with E-state index in [0.29, 0.717) is 31.3 Å². The van der Waals surface area contributed by atoms with Crippen LogP contribution in [0.3, 0.4) is 0 Å². The molecular weight excluding hydrogens is 564 g/mol. The van der Waals surface area contributed by atoms with E-state index in [9.17, 15) is 30.0 Å². The van der Waals surface area contributed by atoms with Crippen molar-refractivity contribution >= 4 is 11.9 Å². The first-order chi connectivity index (χ1) is 20.9. The van der Waals surface area contributed by atoms with E-state index in [-0.39, 0.29) is 11.8 Å². The van der Waals surface area contributed by atoms with Crippen LogP contribution < -0.4 is 4.74 Å². The van der Waals surface area contributed by atoms with Crippen LogP contribution in [0.1, 0.15) is 56.6 Å². The molecule has 5 fully saturated rings. The molecule has 4 saturated carbocycles. The average molecular weight is 603 g/mol. The van der Waals surface area contributed by atoms with Gasteiger partial charge in [0.2, 0.25) is 0 Å². The molecule has 1 unspecified atom stereocenters. The van der Waals surface area contributed by atoms with Gasteiger partial charge in [-0.2, -0.15) is 0 Å². The van der Waals surface area contributed by atoms with Crippen LogP contribution in [0.4, 0.5) is 0 Å². The number of nitrogens with zero attached hydrogens (tertiary/aromatic N) is 2. The van der Waals surface area contributed by atoms with Gasteiger partial charge in [-0.1, -0.05) is 24.8 Å². The summed E-state index contributed by atoms with van der Waals surface area (Å²) < 4.78 is 11.0. The Morgan fingerprint density at radius 3 is 2.43 bits per heavy atom. The van der Waals surface area contributed by atoms with Crippen LogP contribution in [0.5, 0.6) is 5.75 Å². The highest BCUT2D eigenvalue weighted by molar-refractivity contribution is 5.86. The number of carbonyl (C=O) groups is 2. The Morgan fingerprint density at radius 1 is 1.14 bits per heavy atom. The summed E-state index contributed by atoms with van der Waals surface area (Å²) in [6, 6.07) is 7.55. The third-order valence-electron chi connectivity index (χ3n) is 11.8. The van der Waals surface area contributed by atoms with E-state index < -0.39 is 57.5 Å². The maximum Gasteiger partial charge on any atom is 0.316 e. The molecule has 4 N–H and O–H groups in total. The fourth-order valence-corrected chi connectivity index (χ4v) is 9.61. The summed E-state index contributed by atoms with van der Waals surface area (Å²) in [5.41, 5.74) is -2.67. The molecule has 8 rings (SSSR count). The molecule has 1 saturated heterocycles. The Kier molecular flexibility index (Phi) is 6.26. The van der Waals surface area contributed by atoms with E-state index >= 15 is 0 Å². The molecule has 4 bridgehead atoms. The highest BCUT2D eigenvalue weighted by Gasteiger charge is 2.83. The van der Waals surface area contributed by atoms with Gasteiger partial charge in [0.1, 0.15) is 28.7 Å². The van der Waals surface area contributed by atoms with Crippen LogP contribution in [-0.4, -0.2) is 66.7 Å². The van der Waals surface area contributed by atoms with Crippen molar-refractivity contribution in [1.82, 2.24) is 9.97 Å². The number of esters is 1. The largest absolute Gasteiger partial charge is 0.497 e. The lowest BCUT2D eigenvalue weighted by Gasteiger charge is -2.44. The lowest BCUT2D eigenvalue weighted by atomic mass is 9.61. The van der Waals surface area contributed by atoms with Crippen molar-refractivity contribution in [2.75, 3.05) is 7.11 Å². The predicted octanol–water partition coefficient (Wildman–Crippen LogP) is 3.16. The zero-order chi connectivity index (χ0) is 31.3. The number of methoxy groups -OCH3 is 1. The molecule has 232 valence electrons. The van der Waals surface area contributed by atoms with Crippen molar-refractivity contribution in [2.45, 2.75) is 68.4 Å². The van der Waals surface area contributed by atoms with E-state index in [1.54, 1.807) is 38.6 Å². The minimum absolute atomic E-state index is 0.180. The Morgan fingerprint density at radius 2 is 1.82 bits per heavy atom. The van der Waals surface area contributed by atoms with E-state index in [4.69, 9.17) is 9.47 Å². The van der Waals surface area contributed by atoms with Gasteiger partial charge in [-0.05, 0) is 86.1 Å². The molecule has 1 spiro atoms.